The molecule has 1 aromatic rings. The summed E-state index contributed by atoms with van der Waals surface area (Å²) in [6.07, 6.45) is 0.835. The second-order valence-electron chi connectivity index (χ2n) is 4.01. The van der Waals surface area contributed by atoms with Crippen LogP contribution in [0.15, 0.2) is 16.3 Å². The number of thiophene rings is 1. The van der Waals surface area contributed by atoms with Gasteiger partial charge in [0.05, 0.1) is 6.61 Å². The summed E-state index contributed by atoms with van der Waals surface area (Å²) in [5.74, 6) is 0. The third kappa shape index (κ3) is 3.28. The van der Waals surface area contributed by atoms with Crippen LogP contribution < -0.4 is 0 Å². The Kier molecular flexibility index (Phi) is 5.12. The van der Waals surface area contributed by atoms with Crippen molar-refractivity contribution >= 4 is 21.4 Å². The second kappa shape index (κ2) is 5.95. The first-order valence-electron chi connectivity index (χ1n) is 5.64. The minimum absolute atomic E-state index is 0.138. The highest BCUT2D eigenvalue weighted by molar-refractivity contribution is 7.91. The molecule has 1 aromatic heterocycles. The van der Waals surface area contributed by atoms with Gasteiger partial charge in [0.15, 0.2) is 0 Å². The quantitative estimate of drug-likeness (QED) is 0.861. The van der Waals surface area contributed by atoms with Crippen LogP contribution in [0.25, 0.3) is 0 Å². The molecule has 0 saturated heterocycles. The predicted molar refractivity (Wildman–Crippen MR) is 69.8 cm³/mol. The molecule has 1 N–H and O–H groups in total. The van der Waals surface area contributed by atoms with Gasteiger partial charge in [-0.05, 0) is 32.4 Å². The van der Waals surface area contributed by atoms with E-state index in [0.717, 1.165) is 11.3 Å². The van der Waals surface area contributed by atoms with Crippen LogP contribution in [0.3, 0.4) is 0 Å². The highest BCUT2D eigenvalue weighted by Crippen LogP contribution is 2.26. The number of aliphatic hydroxyl groups is 1. The van der Waals surface area contributed by atoms with Crippen molar-refractivity contribution in [3.8, 4) is 0 Å². The molecule has 0 radical (unpaired) electrons. The summed E-state index contributed by atoms with van der Waals surface area (Å²) in [7, 11) is -3.46. The average molecular weight is 277 g/mol. The van der Waals surface area contributed by atoms with Crippen molar-refractivity contribution < 1.29 is 13.5 Å². The van der Waals surface area contributed by atoms with Gasteiger partial charge in [-0.2, -0.15) is 4.31 Å². The maximum Gasteiger partial charge on any atom is 0.252 e. The number of nitrogens with zero attached hydrogens (tertiary/aromatic N) is 1. The van der Waals surface area contributed by atoms with Crippen molar-refractivity contribution in [2.45, 2.75) is 37.4 Å². The number of hydrogen-bond acceptors (Lipinski definition) is 4. The first kappa shape index (κ1) is 14.6. The molecule has 4 nitrogen and oxygen atoms in total. The number of hydrogen-bond donors (Lipinski definition) is 1. The molecule has 0 unspecified atom stereocenters. The van der Waals surface area contributed by atoms with E-state index in [9.17, 15) is 8.42 Å². The molecule has 17 heavy (non-hydrogen) atoms. The Balaban J connectivity index is 3.07. The van der Waals surface area contributed by atoms with E-state index < -0.39 is 10.0 Å². The van der Waals surface area contributed by atoms with Crippen LogP contribution in [-0.2, 0) is 16.4 Å². The topological polar surface area (TPSA) is 57.6 Å². The fourth-order valence-corrected chi connectivity index (χ4v) is 4.61. The molecule has 0 aliphatic carbocycles. The minimum atomic E-state index is -3.46. The Bertz CT molecular complexity index is 451. The standard InChI is InChI=1S/C11H19NO3S2/c1-4-10-5-6-11(16-10)17(14,15)12(7-8-13)9(2)3/h5-6,9,13H,4,7-8H2,1-3H3. The molecular weight excluding hydrogens is 258 g/mol. The Morgan fingerprint density at radius 2 is 2.06 bits per heavy atom. The summed E-state index contributed by atoms with van der Waals surface area (Å²) in [6.45, 7) is 5.59. The Hall–Kier alpha value is -0.430. The maximum absolute atomic E-state index is 12.3. The number of aryl methyl sites for hydroxylation is 1. The molecule has 0 atom stereocenters. The van der Waals surface area contributed by atoms with Crippen LogP contribution in [0.4, 0.5) is 0 Å². The number of rotatable bonds is 6. The fraction of sp³-hybridized carbons (Fsp3) is 0.636. The fourth-order valence-electron chi connectivity index (χ4n) is 1.56. The van der Waals surface area contributed by atoms with E-state index in [-0.39, 0.29) is 19.2 Å². The van der Waals surface area contributed by atoms with Gasteiger partial charge in [0, 0.05) is 17.5 Å². The van der Waals surface area contributed by atoms with Gasteiger partial charge < -0.3 is 5.11 Å². The van der Waals surface area contributed by atoms with Crippen molar-refractivity contribution in [1.82, 2.24) is 4.31 Å². The molecule has 0 spiro atoms. The van der Waals surface area contributed by atoms with E-state index in [1.807, 2.05) is 26.8 Å². The smallest absolute Gasteiger partial charge is 0.252 e. The highest BCUT2D eigenvalue weighted by Gasteiger charge is 2.27. The van der Waals surface area contributed by atoms with E-state index in [4.69, 9.17) is 5.11 Å². The molecular formula is C11H19NO3S2. The van der Waals surface area contributed by atoms with E-state index in [2.05, 4.69) is 0 Å². The summed E-state index contributed by atoms with van der Waals surface area (Å²) in [4.78, 5) is 1.05. The van der Waals surface area contributed by atoms with Gasteiger partial charge in [-0.15, -0.1) is 11.3 Å². The lowest BCUT2D eigenvalue weighted by Gasteiger charge is -2.24. The van der Waals surface area contributed by atoms with Crippen LogP contribution in [0, 0.1) is 0 Å². The SMILES string of the molecule is CCc1ccc(S(=O)(=O)N(CCO)C(C)C)s1. The number of aliphatic hydroxyl groups excluding tert-OH is 1. The zero-order chi connectivity index (χ0) is 13.1. The van der Waals surface area contributed by atoms with Crippen LogP contribution in [0.2, 0.25) is 0 Å². The van der Waals surface area contributed by atoms with Crippen LogP contribution in [0.1, 0.15) is 25.6 Å². The lowest BCUT2D eigenvalue weighted by Crippen LogP contribution is -2.38. The first-order chi connectivity index (χ1) is 7.93. The molecule has 0 aromatic carbocycles. The summed E-state index contributed by atoms with van der Waals surface area (Å²) in [6, 6.07) is 3.33. The predicted octanol–water partition coefficient (Wildman–Crippen LogP) is 1.70. The van der Waals surface area contributed by atoms with Crippen molar-refractivity contribution in [3.05, 3.63) is 17.0 Å². The van der Waals surface area contributed by atoms with Gasteiger partial charge in [-0.25, -0.2) is 8.42 Å². The molecule has 1 heterocycles. The third-order valence-corrected chi connectivity index (χ3v) is 6.22. The Morgan fingerprint density at radius 1 is 1.41 bits per heavy atom. The molecule has 0 aliphatic heterocycles. The van der Waals surface area contributed by atoms with Crippen molar-refractivity contribution in [1.29, 1.82) is 0 Å². The highest BCUT2D eigenvalue weighted by atomic mass is 32.2. The Morgan fingerprint density at radius 3 is 2.47 bits per heavy atom. The largest absolute Gasteiger partial charge is 0.395 e. The van der Waals surface area contributed by atoms with E-state index in [1.165, 1.54) is 15.6 Å². The normalized spacial score (nSPS) is 12.6. The first-order valence-corrected chi connectivity index (χ1v) is 7.90. The summed E-state index contributed by atoms with van der Waals surface area (Å²) in [5.41, 5.74) is 0. The van der Waals surface area contributed by atoms with Gasteiger partial charge >= 0.3 is 0 Å². The van der Waals surface area contributed by atoms with Crippen LogP contribution >= 0.6 is 11.3 Å². The monoisotopic (exact) mass is 277 g/mol. The molecule has 0 fully saturated rings. The third-order valence-electron chi connectivity index (χ3n) is 2.44. The van der Waals surface area contributed by atoms with E-state index in [1.54, 1.807) is 6.07 Å². The Labute approximate surface area is 107 Å². The lowest BCUT2D eigenvalue weighted by molar-refractivity contribution is 0.237. The zero-order valence-electron chi connectivity index (χ0n) is 10.4. The van der Waals surface area contributed by atoms with E-state index in [0.29, 0.717) is 4.21 Å². The molecule has 0 saturated carbocycles. The average Bonchev–Trinajstić information content (AvgIpc) is 2.74. The zero-order valence-corrected chi connectivity index (χ0v) is 12.0. The minimum Gasteiger partial charge on any atom is -0.395 e. The molecule has 1 rings (SSSR count). The van der Waals surface area contributed by atoms with Gasteiger partial charge in [0.2, 0.25) is 0 Å². The van der Waals surface area contributed by atoms with Gasteiger partial charge in [-0.3, -0.25) is 0 Å². The van der Waals surface area contributed by atoms with Crippen molar-refractivity contribution in [3.63, 3.8) is 0 Å². The van der Waals surface area contributed by atoms with Crippen LogP contribution in [0.5, 0.6) is 0 Å². The van der Waals surface area contributed by atoms with Gasteiger partial charge in [0.25, 0.3) is 10.0 Å². The summed E-state index contributed by atoms with van der Waals surface area (Å²) < 4.78 is 26.3. The van der Waals surface area contributed by atoms with Crippen LogP contribution in [-0.4, -0.2) is 37.0 Å². The molecule has 0 bridgehead atoms. The van der Waals surface area contributed by atoms with E-state index >= 15 is 0 Å². The molecule has 0 aliphatic rings. The summed E-state index contributed by atoms with van der Waals surface area (Å²) >= 11 is 1.30. The van der Waals surface area contributed by atoms with Gasteiger partial charge in [0.1, 0.15) is 4.21 Å². The van der Waals surface area contributed by atoms with Crippen molar-refractivity contribution in [2.75, 3.05) is 13.2 Å². The molecule has 98 valence electrons. The lowest BCUT2D eigenvalue weighted by atomic mass is 10.4. The molecule has 6 heteroatoms. The van der Waals surface area contributed by atoms with Gasteiger partial charge in [-0.1, -0.05) is 6.92 Å². The number of sulfonamides is 1. The van der Waals surface area contributed by atoms with Crippen molar-refractivity contribution in [2.24, 2.45) is 0 Å². The molecule has 0 amide bonds. The summed E-state index contributed by atoms with van der Waals surface area (Å²) in [5, 5.41) is 8.94. The maximum atomic E-state index is 12.3. The second-order valence-corrected chi connectivity index (χ2v) is 7.29.